The maximum atomic E-state index is 13.4. The number of carbonyl (C=O) groups is 2. The Bertz CT molecular complexity index is 1220. The third-order valence-electron chi connectivity index (χ3n) is 5.38. The molecule has 1 amide bonds. The number of nitrogens with zero attached hydrogens (tertiary/aromatic N) is 1. The number of rotatable bonds is 10. The average molecular weight is 534 g/mol. The van der Waals surface area contributed by atoms with E-state index in [1.807, 2.05) is 0 Å². The number of phenols is 1. The summed E-state index contributed by atoms with van der Waals surface area (Å²) in [4.78, 5) is 24.7. The van der Waals surface area contributed by atoms with E-state index in [4.69, 9.17) is 14.2 Å². The molecule has 1 aliphatic rings. The molecule has 0 saturated heterocycles. The molecule has 0 aromatic heterocycles. The van der Waals surface area contributed by atoms with Gasteiger partial charge in [-0.25, -0.2) is 0 Å². The van der Waals surface area contributed by atoms with Crippen molar-refractivity contribution in [2.45, 2.75) is 39.4 Å². The van der Waals surface area contributed by atoms with Gasteiger partial charge in [0.2, 0.25) is 0 Å². The summed E-state index contributed by atoms with van der Waals surface area (Å²) < 4.78 is 56.3. The van der Waals surface area contributed by atoms with Crippen molar-refractivity contribution in [1.82, 2.24) is 0 Å². The number of phenolic OH excluding ortho intramolecular Hbond substituents is 1. The number of hydrogen-bond acceptors (Lipinski definition) is 6. The summed E-state index contributed by atoms with van der Waals surface area (Å²) in [6, 6.07) is 1.24. The van der Waals surface area contributed by atoms with Crippen LogP contribution in [0.4, 0.5) is 18.9 Å². The zero-order valence-electron chi connectivity index (χ0n) is 21.6. The largest absolute Gasteiger partial charge is 0.504 e. The van der Waals surface area contributed by atoms with E-state index in [1.54, 1.807) is 38.2 Å². The Hall–Kier alpha value is -4.21. The summed E-state index contributed by atoms with van der Waals surface area (Å²) in [5.41, 5.74) is 0.850. The molecule has 1 aliphatic heterocycles. The number of hydrogen-bond donors (Lipinski definition) is 1. The minimum Gasteiger partial charge on any atom is -0.504 e. The second-order valence-electron chi connectivity index (χ2n) is 8.06. The first-order valence-electron chi connectivity index (χ1n) is 11.6. The van der Waals surface area contributed by atoms with Crippen LogP contribution in [0.2, 0.25) is 0 Å². The Morgan fingerprint density at radius 3 is 2.50 bits per heavy atom. The minimum absolute atomic E-state index is 0.0257. The van der Waals surface area contributed by atoms with Gasteiger partial charge < -0.3 is 19.3 Å². The molecule has 0 aliphatic carbocycles. The lowest BCUT2D eigenvalue weighted by Crippen LogP contribution is -2.47. The van der Waals surface area contributed by atoms with Gasteiger partial charge in [0.05, 0.1) is 31.9 Å². The van der Waals surface area contributed by atoms with Crippen molar-refractivity contribution in [3.63, 3.8) is 0 Å². The Kier molecular flexibility index (Phi) is 10.1. The highest BCUT2D eigenvalue weighted by Crippen LogP contribution is 2.43. The summed E-state index contributed by atoms with van der Waals surface area (Å²) in [5, 5.41) is 10.3. The van der Waals surface area contributed by atoms with Gasteiger partial charge in [-0.05, 0) is 56.2 Å². The number of alkyl halides is 3. The number of carbonyl (C=O) groups excluding carboxylic acids is 2. The number of benzene rings is 1. The second kappa shape index (κ2) is 12.8. The molecule has 1 aromatic rings. The topological polar surface area (TPSA) is 85.3 Å². The van der Waals surface area contributed by atoms with Crippen molar-refractivity contribution in [2.24, 2.45) is 0 Å². The molecule has 1 N–H and O–H groups in total. The molecular weight excluding hydrogens is 503 g/mol. The van der Waals surface area contributed by atoms with E-state index in [9.17, 15) is 27.9 Å². The lowest BCUT2D eigenvalue weighted by atomic mass is 10.00. The van der Waals surface area contributed by atoms with E-state index in [0.717, 1.165) is 6.07 Å². The van der Waals surface area contributed by atoms with Gasteiger partial charge >= 0.3 is 18.1 Å². The number of ether oxygens (including phenoxy) is 3. The number of halogens is 3. The fourth-order valence-electron chi connectivity index (χ4n) is 3.62. The van der Waals surface area contributed by atoms with Crippen LogP contribution in [-0.2, 0) is 19.1 Å². The van der Waals surface area contributed by atoms with Crippen molar-refractivity contribution >= 4 is 23.3 Å². The SMILES string of the molecule is C=C\C=C/C(=C/C(=C\C)OC1=CC(C)N(C(=O)C(F)(F)F)c2cc(O)c(OC)cc21)C(=C)CC(=O)OCC. The first-order valence-corrected chi connectivity index (χ1v) is 11.6. The number of amides is 1. The number of esters is 1. The molecule has 0 spiro atoms. The molecule has 7 nitrogen and oxygen atoms in total. The van der Waals surface area contributed by atoms with Gasteiger partial charge in [0, 0.05) is 11.6 Å². The summed E-state index contributed by atoms with van der Waals surface area (Å²) in [5.74, 6) is -2.63. The zero-order chi connectivity index (χ0) is 28.6. The number of allylic oxidation sites excluding steroid dienone is 6. The Labute approximate surface area is 219 Å². The quantitative estimate of drug-likeness (QED) is 0.221. The number of anilines is 1. The monoisotopic (exact) mass is 533 g/mol. The van der Waals surface area contributed by atoms with Crippen LogP contribution in [-0.4, -0.2) is 42.9 Å². The molecule has 0 bridgehead atoms. The van der Waals surface area contributed by atoms with E-state index in [1.165, 1.54) is 32.3 Å². The van der Waals surface area contributed by atoms with Gasteiger partial charge in [0.15, 0.2) is 11.5 Å². The summed E-state index contributed by atoms with van der Waals surface area (Å²) in [6.07, 6.45) is 4.18. The summed E-state index contributed by atoms with van der Waals surface area (Å²) >= 11 is 0. The molecule has 204 valence electrons. The van der Waals surface area contributed by atoms with Crippen molar-refractivity contribution in [3.05, 3.63) is 84.2 Å². The predicted molar refractivity (Wildman–Crippen MR) is 138 cm³/mol. The molecule has 10 heteroatoms. The van der Waals surface area contributed by atoms with E-state index in [0.29, 0.717) is 16.0 Å². The Morgan fingerprint density at radius 2 is 1.95 bits per heavy atom. The van der Waals surface area contributed by atoms with Crippen LogP contribution in [0, 0.1) is 0 Å². The van der Waals surface area contributed by atoms with Gasteiger partial charge in [-0.2, -0.15) is 13.2 Å². The van der Waals surface area contributed by atoms with Crippen LogP contribution in [0.25, 0.3) is 5.76 Å². The minimum atomic E-state index is -5.14. The van der Waals surface area contributed by atoms with E-state index in [2.05, 4.69) is 13.2 Å². The molecule has 0 fully saturated rings. The van der Waals surface area contributed by atoms with Crippen LogP contribution in [0.3, 0.4) is 0 Å². The van der Waals surface area contributed by atoms with E-state index >= 15 is 0 Å². The van der Waals surface area contributed by atoms with Crippen LogP contribution < -0.4 is 9.64 Å². The first-order chi connectivity index (χ1) is 17.9. The third-order valence-corrected chi connectivity index (χ3v) is 5.38. The van der Waals surface area contributed by atoms with Crippen molar-refractivity contribution < 1.29 is 42.1 Å². The lowest BCUT2D eigenvalue weighted by molar-refractivity contribution is -0.170. The Balaban J connectivity index is 2.56. The highest BCUT2D eigenvalue weighted by molar-refractivity contribution is 6.02. The van der Waals surface area contributed by atoms with E-state index in [-0.39, 0.29) is 41.5 Å². The van der Waals surface area contributed by atoms with Crippen molar-refractivity contribution in [2.75, 3.05) is 18.6 Å². The van der Waals surface area contributed by atoms with Crippen LogP contribution >= 0.6 is 0 Å². The predicted octanol–water partition coefficient (Wildman–Crippen LogP) is 6.14. The molecule has 1 aromatic carbocycles. The van der Waals surface area contributed by atoms with Crippen molar-refractivity contribution in [3.8, 4) is 11.5 Å². The van der Waals surface area contributed by atoms with Crippen LogP contribution in [0.15, 0.2) is 78.7 Å². The summed E-state index contributed by atoms with van der Waals surface area (Å²) in [6.45, 7) is 12.6. The maximum Gasteiger partial charge on any atom is 0.471 e. The molecule has 1 unspecified atom stereocenters. The number of methoxy groups -OCH3 is 1. The molecule has 1 heterocycles. The van der Waals surface area contributed by atoms with Crippen LogP contribution in [0.5, 0.6) is 11.5 Å². The Morgan fingerprint density at radius 1 is 1.26 bits per heavy atom. The molecule has 0 saturated carbocycles. The van der Waals surface area contributed by atoms with Gasteiger partial charge in [0.1, 0.15) is 11.5 Å². The normalized spacial score (nSPS) is 16.0. The molecular formula is C28H30F3NO6. The average Bonchev–Trinajstić information content (AvgIpc) is 2.84. The molecule has 1 atom stereocenters. The second-order valence-corrected chi connectivity index (χ2v) is 8.06. The summed E-state index contributed by atoms with van der Waals surface area (Å²) in [7, 11) is 1.28. The third kappa shape index (κ3) is 7.18. The fourth-order valence-corrected chi connectivity index (χ4v) is 3.62. The highest BCUT2D eigenvalue weighted by atomic mass is 19.4. The smallest absolute Gasteiger partial charge is 0.471 e. The van der Waals surface area contributed by atoms with Gasteiger partial charge in [0.25, 0.3) is 0 Å². The molecule has 38 heavy (non-hydrogen) atoms. The van der Waals surface area contributed by atoms with Gasteiger partial charge in [-0.1, -0.05) is 31.4 Å². The fraction of sp³-hybridized carbons (Fsp3) is 0.286. The number of fused-ring (bicyclic) bond motifs is 1. The molecule has 2 rings (SSSR count). The number of aromatic hydroxyl groups is 1. The van der Waals surface area contributed by atoms with Crippen molar-refractivity contribution in [1.29, 1.82) is 0 Å². The maximum absolute atomic E-state index is 13.4. The first kappa shape index (κ1) is 30.0. The van der Waals surface area contributed by atoms with Crippen LogP contribution in [0.1, 0.15) is 32.8 Å². The zero-order valence-corrected chi connectivity index (χ0v) is 21.6. The van der Waals surface area contributed by atoms with Gasteiger partial charge in [-0.15, -0.1) is 0 Å². The lowest BCUT2D eigenvalue weighted by Gasteiger charge is -2.34. The molecule has 0 radical (unpaired) electrons. The van der Waals surface area contributed by atoms with E-state index < -0.39 is 29.8 Å². The highest BCUT2D eigenvalue weighted by Gasteiger charge is 2.46. The standard InChI is InChI=1S/C28H30F3NO6/c1-7-10-11-19(17(4)12-26(34)37-9-3)14-20(8-2)38-24-13-18(5)32(27(35)28(29,30)31)22-16-23(33)25(36-6)15-21(22)24/h7-8,10-11,13-16,18,33H,1,4,9,12H2,2-3,5-6H3/b11-10-,19-14-,20-8+. The van der Waals surface area contributed by atoms with Gasteiger partial charge in [-0.3, -0.25) is 14.5 Å².